The van der Waals surface area contributed by atoms with Crippen molar-refractivity contribution in [1.29, 1.82) is 0 Å². The Morgan fingerprint density at radius 2 is 2.20 bits per heavy atom. The number of carbonyl (C=O) groups excluding carboxylic acids is 1. The minimum atomic E-state index is -0.424. The molecular weight excluding hydrogens is 320 g/mol. The average Bonchev–Trinajstić information content (AvgIpc) is 2.80. The standard InChI is InChI=1S/C14H17BrN4O/c1-9-6-11(15)4-5-12(9)18-14(20)13(16-2)10-7-17-19(3)8-10/h4-8,13,16H,1-3H3,(H,18,20). The van der Waals surface area contributed by atoms with E-state index in [1.807, 2.05) is 38.4 Å². The predicted molar refractivity (Wildman–Crippen MR) is 82.5 cm³/mol. The highest BCUT2D eigenvalue weighted by atomic mass is 79.9. The highest BCUT2D eigenvalue weighted by molar-refractivity contribution is 9.10. The quantitative estimate of drug-likeness (QED) is 0.901. The first-order valence-electron chi connectivity index (χ1n) is 6.24. The monoisotopic (exact) mass is 336 g/mol. The summed E-state index contributed by atoms with van der Waals surface area (Å²) in [5.41, 5.74) is 2.65. The van der Waals surface area contributed by atoms with Crippen molar-refractivity contribution < 1.29 is 4.79 Å². The van der Waals surface area contributed by atoms with Crippen molar-refractivity contribution in [3.63, 3.8) is 0 Å². The van der Waals surface area contributed by atoms with Gasteiger partial charge in [-0.25, -0.2) is 0 Å². The van der Waals surface area contributed by atoms with Crippen LogP contribution in [0.25, 0.3) is 0 Å². The lowest BCUT2D eigenvalue weighted by Crippen LogP contribution is -2.30. The van der Waals surface area contributed by atoms with Gasteiger partial charge in [0, 0.05) is 29.0 Å². The Kier molecular flexibility index (Phi) is 4.57. The molecule has 106 valence electrons. The van der Waals surface area contributed by atoms with Crippen LogP contribution in [0.15, 0.2) is 35.1 Å². The van der Waals surface area contributed by atoms with Crippen LogP contribution in [0.3, 0.4) is 0 Å². The zero-order chi connectivity index (χ0) is 14.7. The molecule has 2 aromatic rings. The van der Waals surface area contributed by atoms with Crippen molar-refractivity contribution in [1.82, 2.24) is 15.1 Å². The first-order chi connectivity index (χ1) is 9.51. The van der Waals surface area contributed by atoms with Crippen LogP contribution < -0.4 is 10.6 Å². The van der Waals surface area contributed by atoms with Gasteiger partial charge in [0.05, 0.1) is 6.20 Å². The van der Waals surface area contributed by atoms with Gasteiger partial charge in [-0.15, -0.1) is 0 Å². The molecule has 6 heteroatoms. The van der Waals surface area contributed by atoms with E-state index in [4.69, 9.17) is 0 Å². The second kappa shape index (κ2) is 6.19. The van der Waals surface area contributed by atoms with Crippen molar-refractivity contribution in [3.8, 4) is 0 Å². The van der Waals surface area contributed by atoms with E-state index in [1.165, 1.54) is 0 Å². The van der Waals surface area contributed by atoms with Gasteiger partial charge in [0.1, 0.15) is 6.04 Å². The highest BCUT2D eigenvalue weighted by Gasteiger charge is 2.20. The van der Waals surface area contributed by atoms with E-state index in [0.717, 1.165) is 21.3 Å². The maximum atomic E-state index is 12.4. The highest BCUT2D eigenvalue weighted by Crippen LogP contribution is 2.21. The molecule has 0 saturated heterocycles. The smallest absolute Gasteiger partial charge is 0.246 e. The van der Waals surface area contributed by atoms with Crippen molar-refractivity contribution >= 4 is 27.5 Å². The number of carbonyl (C=O) groups is 1. The molecule has 1 aromatic carbocycles. The number of hydrogen-bond acceptors (Lipinski definition) is 3. The van der Waals surface area contributed by atoms with E-state index < -0.39 is 6.04 Å². The van der Waals surface area contributed by atoms with E-state index in [9.17, 15) is 4.79 Å². The number of aromatic nitrogens is 2. The van der Waals surface area contributed by atoms with Gasteiger partial charge < -0.3 is 10.6 Å². The third-order valence-electron chi connectivity index (χ3n) is 3.06. The minimum absolute atomic E-state index is 0.106. The molecule has 0 radical (unpaired) electrons. The van der Waals surface area contributed by atoms with E-state index in [-0.39, 0.29) is 5.91 Å². The largest absolute Gasteiger partial charge is 0.324 e. The molecule has 0 aliphatic heterocycles. The Balaban J connectivity index is 2.17. The van der Waals surface area contributed by atoms with Crippen LogP contribution in [0.4, 0.5) is 5.69 Å². The molecule has 0 saturated carbocycles. The molecule has 0 fully saturated rings. The van der Waals surface area contributed by atoms with Gasteiger partial charge in [0.15, 0.2) is 0 Å². The van der Waals surface area contributed by atoms with Crippen LogP contribution >= 0.6 is 15.9 Å². The number of benzene rings is 1. The van der Waals surface area contributed by atoms with Crippen LogP contribution in [-0.2, 0) is 11.8 Å². The van der Waals surface area contributed by atoms with Gasteiger partial charge in [-0.1, -0.05) is 15.9 Å². The molecule has 1 amide bonds. The van der Waals surface area contributed by atoms with Crippen LogP contribution in [-0.4, -0.2) is 22.7 Å². The van der Waals surface area contributed by atoms with E-state index in [0.29, 0.717) is 0 Å². The number of rotatable bonds is 4. The summed E-state index contributed by atoms with van der Waals surface area (Å²) in [6, 6.07) is 5.33. The van der Waals surface area contributed by atoms with Crippen molar-refractivity contribution in [2.45, 2.75) is 13.0 Å². The number of anilines is 1. The van der Waals surface area contributed by atoms with Gasteiger partial charge in [0.2, 0.25) is 5.91 Å². The lowest BCUT2D eigenvalue weighted by Gasteiger charge is -2.16. The molecule has 1 heterocycles. The molecule has 1 unspecified atom stereocenters. The zero-order valence-electron chi connectivity index (χ0n) is 11.6. The van der Waals surface area contributed by atoms with Crippen molar-refractivity contribution in [3.05, 3.63) is 46.2 Å². The Bertz CT molecular complexity index is 623. The second-order valence-corrected chi connectivity index (χ2v) is 5.53. The maximum Gasteiger partial charge on any atom is 0.246 e. The molecule has 1 atom stereocenters. The van der Waals surface area contributed by atoms with Crippen LogP contribution in [0.1, 0.15) is 17.2 Å². The normalized spacial score (nSPS) is 12.2. The fraction of sp³-hybridized carbons (Fsp3) is 0.286. The van der Waals surface area contributed by atoms with Gasteiger partial charge in [-0.3, -0.25) is 9.48 Å². The van der Waals surface area contributed by atoms with Crippen LogP contribution in [0.2, 0.25) is 0 Å². The predicted octanol–water partition coefficient (Wildman–Crippen LogP) is 2.39. The molecule has 0 aliphatic carbocycles. The summed E-state index contributed by atoms with van der Waals surface area (Å²) in [6.07, 6.45) is 3.52. The summed E-state index contributed by atoms with van der Waals surface area (Å²) in [6.45, 7) is 1.96. The topological polar surface area (TPSA) is 59.0 Å². The third kappa shape index (κ3) is 3.26. The van der Waals surface area contributed by atoms with Gasteiger partial charge in [-0.2, -0.15) is 5.10 Å². The molecule has 5 nitrogen and oxygen atoms in total. The maximum absolute atomic E-state index is 12.4. The number of nitrogens with zero attached hydrogens (tertiary/aromatic N) is 2. The molecular formula is C14H17BrN4O. The average molecular weight is 337 g/mol. The molecule has 1 aromatic heterocycles. The summed E-state index contributed by atoms with van der Waals surface area (Å²) >= 11 is 3.41. The number of likely N-dealkylation sites (N-methyl/N-ethyl adjacent to an activating group) is 1. The lowest BCUT2D eigenvalue weighted by molar-refractivity contribution is -0.118. The van der Waals surface area contributed by atoms with Crippen molar-refractivity contribution in [2.24, 2.45) is 7.05 Å². The Morgan fingerprint density at radius 3 is 2.75 bits per heavy atom. The number of halogens is 1. The summed E-state index contributed by atoms with van der Waals surface area (Å²) in [5.74, 6) is -0.106. The minimum Gasteiger partial charge on any atom is -0.324 e. The molecule has 2 N–H and O–H groups in total. The molecule has 0 aliphatic rings. The lowest BCUT2D eigenvalue weighted by atomic mass is 10.1. The number of nitrogens with one attached hydrogen (secondary N) is 2. The van der Waals surface area contributed by atoms with Crippen molar-refractivity contribution in [2.75, 3.05) is 12.4 Å². The van der Waals surface area contributed by atoms with E-state index in [1.54, 1.807) is 17.9 Å². The molecule has 20 heavy (non-hydrogen) atoms. The molecule has 2 rings (SSSR count). The summed E-state index contributed by atoms with van der Waals surface area (Å²) in [7, 11) is 3.58. The first-order valence-corrected chi connectivity index (χ1v) is 7.03. The summed E-state index contributed by atoms with van der Waals surface area (Å²) in [5, 5.41) is 10.0. The number of amides is 1. The fourth-order valence-corrected chi connectivity index (χ4v) is 2.49. The van der Waals surface area contributed by atoms with E-state index in [2.05, 4.69) is 31.7 Å². The molecule has 0 bridgehead atoms. The second-order valence-electron chi connectivity index (χ2n) is 4.62. The first kappa shape index (κ1) is 14.7. The van der Waals surface area contributed by atoms with Gasteiger partial charge >= 0.3 is 0 Å². The Morgan fingerprint density at radius 1 is 1.45 bits per heavy atom. The Hall–Kier alpha value is -1.66. The Labute approximate surface area is 126 Å². The summed E-state index contributed by atoms with van der Waals surface area (Å²) < 4.78 is 2.67. The SMILES string of the molecule is CNC(C(=O)Nc1ccc(Br)cc1C)c1cnn(C)c1. The van der Waals surface area contributed by atoms with Gasteiger partial charge in [-0.05, 0) is 37.7 Å². The van der Waals surface area contributed by atoms with Gasteiger partial charge in [0.25, 0.3) is 0 Å². The fourth-order valence-electron chi connectivity index (χ4n) is 2.01. The zero-order valence-corrected chi connectivity index (χ0v) is 13.2. The van der Waals surface area contributed by atoms with Crippen LogP contribution in [0.5, 0.6) is 0 Å². The summed E-state index contributed by atoms with van der Waals surface area (Å²) in [4.78, 5) is 12.4. The van der Waals surface area contributed by atoms with Crippen LogP contribution in [0, 0.1) is 6.92 Å². The molecule has 0 spiro atoms. The third-order valence-corrected chi connectivity index (χ3v) is 3.55. The number of aryl methyl sites for hydroxylation is 2. The van der Waals surface area contributed by atoms with E-state index >= 15 is 0 Å². The number of hydrogen-bond donors (Lipinski definition) is 2.